The third-order valence-electron chi connectivity index (χ3n) is 4.91. The normalized spacial score (nSPS) is 18.9. The first-order chi connectivity index (χ1) is 12.9. The fraction of sp³-hybridized carbons (Fsp3) is 0.350. The van der Waals surface area contributed by atoms with Gasteiger partial charge in [0.05, 0.1) is 19.1 Å². The molecule has 0 saturated carbocycles. The molecule has 0 bridgehead atoms. The second-order valence-electron chi connectivity index (χ2n) is 6.63. The van der Waals surface area contributed by atoms with Crippen molar-refractivity contribution in [3.05, 3.63) is 62.6 Å². The monoisotopic (exact) mass is 427 g/mol. The molecule has 0 amide bonds. The highest BCUT2D eigenvalue weighted by Crippen LogP contribution is 2.41. The van der Waals surface area contributed by atoms with Gasteiger partial charge in [0, 0.05) is 27.2 Å². The fourth-order valence-electron chi connectivity index (χ4n) is 3.65. The third-order valence-corrected chi connectivity index (χ3v) is 5.71. The van der Waals surface area contributed by atoms with E-state index in [9.17, 15) is 9.90 Å². The number of aliphatic carboxylic acids is 1. The van der Waals surface area contributed by atoms with Gasteiger partial charge in [0.25, 0.3) is 0 Å². The standard InChI is InChI=1S/C20H20Cl3NO3/c1-27-18-7-5-13(21)9-16(18)19(15-6-4-14(22)10-17(15)23)24-8-2-3-12(11-24)20(25)26/h4-7,9-10,12,19H,2-3,8,11H2,1H3,(H,25,26). The Hall–Kier alpha value is -1.46. The average Bonchev–Trinajstić information content (AvgIpc) is 2.64. The Morgan fingerprint density at radius 2 is 1.85 bits per heavy atom. The summed E-state index contributed by atoms with van der Waals surface area (Å²) >= 11 is 18.9. The molecule has 0 aromatic heterocycles. The van der Waals surface area contributed by atoms with Crippen molar-refractivity contribution in [2.75, 3.05) is 20.2 Å². The van der Waals surface area contributed by atoms with Crippen molar-refractivity contribution in [3.8, 4) is 5.75 Å². The van der Waals surface area contributed by atoms with E-state index in [2.05, 4.69) is 4.90 Å². The molecule has 1 heterocycles. The lowest BCUT2D eigenvalue weighted by Gasteiger charge is -2.38. The topological polar surface area (TPSA) is 49.8 Å². The SMILES string of the molecule is COc1ccc(Cl)cc1C(c1ccc(Cl)cc1Cl)N1CCCC(C(=O)O)C1. The van der Waals surface area contributed by atoms with Crippen molar-refractivity contribution in [1.82, 2.24) is 4.90 Å². The molecule has 2 aromatic rings. The van der Waals surface area contributed by atoms with Crippen molar-refractivity contribution < 1.29 is 14.6 Å². The zero-order valence-corrected chi connectivity index (χ0v) is 17.1. The van der Waals surface area contributed by atoms with E-state index in [0.29, 0.717) is 33.8 Å². The van der Waals surface area contributed by atoms with Crippen molar-refractivity contribution >= 4 is 40.8 Å². The molecule has 144 valence electrons. The van der Waals surface area contributed by atoms with Crippen LogP contribution in [0.15, 0.2) is 36.4 Å². The molecule has 1 N–H and O–H groups in total. The molecular weight excluding hydrogens is 409 g/mol. The third kappa shape index (κ3) is 4.52. The van der Waals surface area contributed by atoms with Crippen LogP contribution >= 0.6 is 34.8 Å². The lowest BCUT2D eigenvalue weighted by Crippen LogP contribution is -2.41. The molecule has 4 nitrogen and oxygen atoms in total. The molecule has 27 heavy (non-hydrogen) atoms. The number of likely N-dealkylation sites (tertiary alicyclic amines) is 1. The maximum absolute atomic E-state index is 11.6. The largest absolute Gasteiger partial charge is 0.496 e. The Balaban J connectivity index is 2.12. The Kier molecular flexibility index (Phi) is 6.53. The summed E-state index contributed by atoms with van der Waals surface area (Å²) in [6, 6.07) is 10.5. The van der Waals surface area contributed by atoms with E-state index in [1.165, 1.54) is 0 Å². The van der Waals surface area contributed by atoms with Gasteiger partial charge in [0.1, 0.15) is 5.75 Å². The minimum Gasteiger partial charge on any atom is -0.496 e. The highest BCUT2D eigenvalue weighted by Gasteiger charge is 2.33. The van der Waals surface area contributed by atoms with E-state index in [1.807, 2.05) is 18.2 Å². The Morgan fingerprint density at radius 3 is 2.52 bits per heavy atom. The number of rotatable bonds is 5. The van der Waals surface area contributed by atoms with Crippen LogP contribution in [0, 0.1) is 5.92 Å². The van der Waals surface area contributed by atoms with Crippen molar-refractivity contribution in [2.45, 2.75) is 18.9 Å². The van der Waals surface area contributed by atoms with E-state index < -0.39 is 11.9 Å². The van der Waals surface area contributed by atoms with E-state index >= 15 is 0 Å². The number of nitrogens with zero attached hydrogens (tertiary/aromatic N) is 1. The van der Waals surface area contributed by atoms with Gasteiger partial charge in [-0.2, -0.15) is 0 Å². The lowest BCUT2D eigenvalue weighted by atomic mass is 9.91. The molecule has 1 fully saturated rings. The Labute approximate surface area is 173 Å². The lowest BCUT2D eigenvalue weighted by molar-refractivity contribution is -0.143. The molecular formula is C20H20Cl3NO3. The average molecular weight is 429 g/mol. The van der Waals surface area contributed by atoms with Crippen molar-refractivity contribution in [1.29, 1.82) is 0 Å². The molecule has 3 rings (SSSR count). The maximum atomic E-state index is 11.6. The molecule has 1 aliphatic heterocycles. The molecule has 2 unspecified atom stereocenters. The smallest absolute Gasteiger partial charge is 0.307 e. The summed E-state index contributed by atoms with van der Waals surface area (Å²) in [6.07, 6.45) is 1.46. The van der Waals surface area contributed by atoms with E-state index in [1.54, 1.807) is 25.3 Å². The van der Waals surface area contributed by atoms with Crippen molar-refractivity contribution in [3.63, 3.8) is 0 Å². The van der Waals surface area contributed by atoms with Crippen LogP contribution < -0.4 is 4.74 Å². The summed E-state index contributed by atoms with van der Waals surface area (Å²) in [6.45, 7) is 1.18. The number of hydrogen-bond acceptors (Lipinski definition) is 3. The van der Waals surface area contributed by atoms with Crippen LogP contribution in [0.1, 0.15) is 30.0 Å². The number of carbonyl (C=O) groups is 1. The summed E-state index contributed by atoms with van der Waals surface area (Å²) in [4.78, 5) is 13.7. The number of halogens is 3. The van der Waals surface area contributed by atoms with Crippen LogP contribution in [0.2, 0.25) is 15.1 Å². The fourth-order valence-corrected chi connectivity index (χ4v) is 4.34. The number of carboxylic acids is 1. The molecule has 2 atom stereocenters. The first-order valence-electron chi connectivity index (χ1n) is 8.66. The number of piperidine rings is 1. The summed E-state index contributed by atoms with van der Waals surface area (Å²) in [5.41, 5.74) is 1.69. The highest BCUT2D eigenvalue weighted by atomic mass is 35.5. The first kappa shape index (κ1) is 20.3. The van der Waals surface area contributed by atoms with Crippen LogP contribution in [0.4, 0.5) is 0 Å². The highest BCUT2D eigenvalue weighted by molar-refractivity contribution is 6.35. The molecule has 1 aliphatic rings. The Bertz CT molecular complexity index is 843. The van der Waals surface area contributed by atoms with Gasteiger partial charge in [0.15, 0.2) is 0 Å². The van der Waals surface area contributed by atoms with Crippen LogP contribution in [-0.2, 0) is 4.79 Å². The minimum absolute atomic E-state index is 0.287. The van der Waals surface area contributed by atoms with Gasteiger partial charge in [-0.05, 0) is 55.3 Å². The molecule has 0 aliphatic carbocycles. The zero-order chi connectivity index (χ0) is 19.6. The van der Waals surface area contributed by atoms with Gasteiger partial charge in [-0.3, -0.25) is 9.69 Å². The second kappa shape index (κ2) is 8.70. The van der Waals surface area contributed by atoms with Gasteiger partial charge >= 0.3 is 5.97 Å². The number of methoxy groups -OCH3 is 1. The van der Waals surface area contributed by atoms with Crippen molar-refractivity contribution in [2.24, 2.45) is 5.92 Å². The number of ether oxygens (including phenoxy) is 1. The number of hydrogen-bond donors (Lipinski definition) is 1. The van der Waals surface area contributed by atoms with E-state index in [4.69, 9.17) is 39.5 Å². The van der Waals surface area contributed by atoms with Crippen LogP contribution in [0.25, 0.3) is 0 Å². The molecule has 2 aromatic carbocycles. The van der Waals surface area contributed by atoms with Crippen LogP contribution in [0.5, 0.6) is 5.75 Å². The predicted octanol–water partition coefficient (Wildman–Crippen LogP) is 5.54. The first-order valence-corrected chi connectivity index (χ1v) is 9.79. The summed E-state index contributed by atoms with van der Waals surface area (Å²) < 4.78 is 5.56. The van der Waals surface area contributed by atoms with Crippen LogP contribution in [-0.4, -0.2) is 36.2 Å². The quantitative estimate of drug-likeness (QED) is 0.679. The molecule has 7 heteroatoms. The van der Waals surface area contributed by atoms with Gasteiger partial charge in [-0.25, -0.2) is 0 Å². The van der Waals surface area contributed by atoms with E-state index in [0.717, 1.165) is 24.1 Å². The molecule has 1 saturated heterocycles. The zero-order valence-electron chi connectivity index (χ0n) is 14.8. The second-order valence-corrected chi connectivity index (χ2v) is 7.91. The molecule has 0 radical (unpaired) electrons. The minimum atomic E-state index is -0.779. The number of benzene rings is 2. The Morgan fingerprint density at radius 1 is 1.15 bits per heavy atom. The number of carboxylic acid groups (broad SMARTS) is 1. The molecule has 0 spiro atoms. The predicted molar refractivity (Wildman–Crippen MR) is 108 cm³/mol. The summed E-state index contributed by atoms with van der Waals surface area (Å²) in [5, 5.41) is 11.1. The van der Waals surface area contributed by atoms with Crippen LogP contribution in [0.3, 0.4) is 0 Å². The van der Waals surface area contributed by atoms with Gasteiger partial charge in [0.2, 0.25) is 0 Å². The summed E-state index contributed by atoms with van der Waals surface area (Å²) in [5.74, 6) is -0.524. The summed E-state index contributed by atoms with van der Waals surface area (Å²) in [7, 11) is 1.60. The maximum Gasteiger partial charge on any atom is 0.307 e. The van der Waals surface area contributed by atoms with Gasteiger partial charge < -0.3 is 9.84 Å². The van der Waals surface area contributed by atoms with Gasteiger partial charge in [-0.15, -0.1) is 0 Å². The van der Waals surface area contributed by atoms with Gasteiger partial charge in [-0.1, -0.05) is 40.9 Å². The van der Waals surface area contributed by atoms with E-state index in [-0.39, 0.29) is 6.04 Å².